The Kier molecular flexibility index (Phi) is 5.01. The molecule has 0 aliphatic carbocycles. The molecular weight excluding hydrogens is 370 g/mol. The Morgan fingerprint density at radius 3 is 2.71 bits per heavy atom. The van der Waals surface area contributed by atoms with Gasteiger partial charge < -0.3 is 5.32 Å². The van der Waals surface area contributed by atoms with Crippen molar-refractivity contribution in [1.82, 2.24) is 20.1 Å². The number of hydrogen-bond donors (Lipinski definition) is 2. The van der Waals surface area contributed by atoms with Gasteiger partial charge in [0.2, 0.25) is 5.95 Å². The molecule has 2 heterocycles. The third-order valence-electron chi connectivity index (χ3n) is 4.46. The number of piperidine rings is 1. The summed E-state index contributed by atoms with van der Waals surface area (Å²) in [6, 6.07) is 3.85. The third-order valence-corrected chi connectivity index (χ3v) is 5.31. The highest BCUT2D eigenvalue weighted by atomic mass is 79.9. The summed E-state index contributed by atoms with van der Waals surface area (Å²) >= 11 is 3.49. The number of aryl methyl sites for hydroxylation is 3. The summed E-state index contributed by atoms with van der Waals surface area (Å²) < 4.78 is 2.65. The van der Waals surface area contributed by atoms with Crippen LogP contribution in [0.15, 0.2) is 16.6 Å². The summed E-state index contributed by atoms with van der Waals surface area (Å²) in [7, 11) is 1.81. The van der Waals surface area contributed by atoms with Crippen molar-refractivity contribution in [3.05, 3.63) is 39.1 Å². The minimum Gasteiger partial charge on any atom is -0.317 e. The van der Waals surface area contributed by atoms with Gasteiger partial charge in [0.15, 0.2) is 5.82 Å². The van der Waals surface area contributed by atoms with Crippen molar-refractivity contribution in [2.75, 3.05) is 18.4 Å². The van der Waals surface area contributed by atoms with E-state index < -0.39 is 0 Å². The normalized spacial score (nSPS) is 15.5. The lowest BCUT2D eigenvalue weighted by molar-refractivity contribution is 0.102. The molecule has 24 heavy (non-hydrogen) atoms. The molecule has 1 aromatic carbocycles. The van der Waals surface area contributed by atoms with Gasteiger partial charge in [-0.2, -0.15) is 10.1 Å². The van der Waals surface area contributed by atoms with E-state index >= 15 is 0 Å². The van der Waals surface area contributed by atoms with Gasteiger partial charge in [0, 0.05) is 23.0 Å². The molecule has 3 rings (SSSR count). The highest BCUT2D eigenvalue weighted by Crippen LogP contribution is 2.24. The Morgan fingerprint density at radius 2 is 2.00 bits per heavy atom. The molecule has 0 unspecified atom stereocenters. The molecule has 7 heteroatoms. The van der Waals surface area contributed by atoms with Gasteiger partial charge >= 0.3 is 0 Å². The molecule has 1 saturated heterocycles. The van der Waals surface area contributed by atoms with Crippen LogP contribution in [0.4, 0.5) is 5.95 Å². The molecule has 0 saturated carbocycles. The zero-order chi connectivity index (χ0) is 17.3. The van der Waals surface area contributed by atoms with Crippen LogP contribution in [0.3, 0.4) is 0 Å². The van der Waals surface area contributed by atoms with Gasteiger partial charge in [0.05, 0.1) is 0 Å². The third kappa shape index (κ3) is 3.52. The van der Waals surface area contributed by atoms with Crippen LogP contribution in [0.1, 0.15) is 46.1 Å². The molecule has 2 N–H and O–H groups in total. The molecule has 0 atom stereocenters. The number of carbonyl (C=O) groups is 1. The molecule has 6 nitrogen and oxygen atoms in total. The van der Waals surface area contributed by atoms with E-state index in [0.29, 0.717) is 17.4 Å². The number of rotatable bonds is 3. The number of amides is 1. The Bertz CT molecular complexity index is 765. The first-order valence-electron chi connectivity index (χ1n) is 8.15. The fourth-order valence-corrected chi connectivity index (χ4v) is 3.42. The molecule has 1 aliphatic rings. The highest BCUT2D eigenvalue weighted by Gasteiger charge is 2.22. The summed E-state index contributed by atoms with van der Waals surface area (Å²) in [4.78, 5) is 17.2. The van der Waals surface area contributed by atoms with Gasteiger partial charge in [-0.1, -0.05) is 15.9 Å². The molecule has 0 spiro atoms. The number of carbonyl (C=O) groups excluding carboxylic acids is 1. The average molecular weight is 392 g/mol. The molecule has 1 aliphatic heterocycles. The summed E-state index contributed by atoms with van der Waals surface area (Å²) in [6.45, 7) is 5.87. The zero-order valence-electron chi connectivity index (χ0n) is 14.2. The first-order chi connectivity index (χ1) is 11.5. The minimum absolute atomic E-state index is 0.157. The highest BCUT2D eigenvalue weighted by molar-refractivity contribution is 9.10. The van der Waals surface area contributed by atoms with E-state index in [1.807, 2.05) is 33.0 Å². The Morgan fingerprint density at radius 1 is 1.29 bits per heavy atom. The van der Waals surface area contributed by atoms with Gasteiger partial charge in [0.25, 0.3) is 5.91 Å². The fourth-order valence-electron chi connectivity index (χ4n) is 2.96. The van der Waals surface area contributed by atoms with E-state index in [4.69, 9.17) is 0 Å². The van der Waals surface area contributed by atoms with Crippen molar-refractivity contribution in [1.29, 1.82) is 0 Å². The maximum atomic E-state index is 12.6. The van der Waals surface area contributed by atoms with Gasteiger partial charge in [-0.05, 0) is 63.0 Å². The van der Waals surface area contributed by atoms with E-state index in [1.165, 1.54) is 0 Å². The van der Waals surface area contributed by atoms with Crippen LogP contribution in [0.5, 0.6) is 0 Å². The number of halogens is 1. The van der Waals surface area contributed by atoms with E-state index in [-0.39, 0.29) is 5.91 Å². The maximum absolute atomic E-state index is 12.6. The molecule has 1 amide bonds. The average Bonchev–Trinajstić information content (AvgIpc) is 2.92. The Balaban J connectivity index is 1.79. The summed E-state index contributed by atoms with van der Waals surface area (Å²) in [6.07, 6.45) is 2.06. The van der Waals surface area contributed by atoms with Crippen molar-refractivity contribution >= 4 is 27.8 Å². The van der Waals surface area contributed by atoms with Crippen LogP contribution in [-0.4, -0.2) is 33.8 Å². The monoisotopic (exact) mass is 391 g/mol. The number of nitrogens with zero attached hydrogens (tertiary/aromatic N) is 3. The molecule has 1 aromatic heterocycles. The van der Waals surface area contributed by atoms with Crippen molar-refractivity contribution in [2.45, 2.75) is 32.6 Å². The van der Waals surface area contributed by atoms with Crippen molar-refractivity contribution < 1.29 is 4.79 Å². The van der Waals surface area contributed by atoms with Gasteiger partial charge in [-0.3, -0.25) is 10.1 Å². The van der Waals surface area contributed by atoms with E-state index in [1.54, 1.807) is 4.68 Å². The number of hydrogen-bond acceptors (Lipinski definition) is 4. The van der Waals surface area contributed by atoms with Crippen molar-refractivity contribution in [3.63, 3.8) is 0 Å². The predicted octanol–water partition coefficient (Wildman–Crippen LogP) is 2.91. The molecule has 0 bridgehead atoms. The maximum Gasteiger partial charge on any atom is 0.258 e. The van der Waals surface area contributed by atoms with Crippen LogP contribution in [0, 0.1) is 13.8 Å². The van der Waals surface area contributed by atoms with E-state index in [0.717, 1.165) is 47.4 Å². The zero-order valence-corrected chi connectivity index (χ0v) is 15.8. The first kappa shape index (κ1) is 17.1. The van der Waals surface area contributed by atoms with Gasteiger partial charge in [0.1, 0.15) is 0 Å². The molecule has 2 aromatic rings. The largest absolute Gasteiger partial charge is 0.317 e. The molecule has 0 radical (unpaired) electrons. The van der Waals surface area contributed by atoms with E-state index in [9.17, 15) is 4.79 Å². The van der Waals surface area contributed by atoms with Crippen LogP contribution in [0.25, 0.3) is 0 Å². The lowest BCUT2D eigenvalue weighted by Crippen LogP contribution is -2.27. The molecule has 128 valence electrons. The number of aromatic nitrogens is 3. The van der Waals surface area contributed by atoms with Crippen molar-refractivity contribution in [3.8, 4) is 0 Å². The van der Waals surface area contributed by atoms with Crippen LogP contribution in [-0.2, 0) is 7.05 Å². The topological polar surface area (TPSA) is 71.8 Å². The SMILES string of the molecule is Cc1cc(C(=O)Nc2nc(C3CCNCC3)nn2C)c(C)cc1Br. The van der Waals surface area contributed by atoms with E-state index in [2.05, 4.69) is 36.6 Å². The summed E-state index contributed by atoms with van der Waals surface area (Å²) in [5.41, 5.74) is 2.60. The number of nitrogens with one attached hydrogen (secondary N) is 2. The van der Waals surface area contributed by atoms with Crippen LogP contribution >= 0.6 is 15.9 Å². The second-order valence-corrected chi connectivity index (χ2v) is 7.17. The minimum atomic E-state index is -0.157. The van der Waals surface area contributed by atoms with Gasteiger partial charge in [-0.25, -0.2) is 4.68 Å². The van der Waals surface area contributed by atoms with Crippen LogP contribution < -0.4 is 10.6 Å². The lowest BCUT2D eigenvalue weighted by Gasteiger charge is -2.19. The fraction of sp³-hybridized carbons (Fsp3) is 0.471. The Labute approximate surface area is 150 Å². The standard InChI is InChI=1S/C17H22BrN5O/c1-10-9-14(18)11(2)8-13(10)16(24)21-17-20-15(22-23(17)3)12-4-6-19-7-5-12/h8-9,12,19H,4-7H2,1-3H3,(H,20,21,22,24). The lowest BCUT2D eigenvalue weighted by atomic mass is 9.98. The second kappa shape index (κ2) is 7.03. The predicted molar refractivity (Wildman–Crippen MR) is 97.4 cm³/mol. The number of anilines is 1. The Hall–Kier alpha value is -1.73. The summed E-state index contributed by atoms with van der Waals surface area (Å²) in [5, 5.41) is 10.7. The number of benzene rings is 1. The van der Waals surface area contributed by atoms with Crippen molar-refractivity contribution in [2.24, 2.45) is 7.05 Å². The van der Waals surface area contributed by atoms with Crippen LogP contribution in [0.2, 0.25) is 0 Å². The molecule has 1 fully saturated rings. The smallest absolute Gasteiger partial charge is 0.258 e. The quantitative estimate of drug-likeness (QED) is 0.843. The second-order valence-electron chi connectivity index (χ2n) is 6.31. The molecular formula is C17H22BrN5O. The van der Waals surface area contributed by atoms with Gasteiger partial charge in [-0.15, -0.1) is 0 Å². The first-order valence-corrected chi connectivity index (χ1v) is 8.94. The summed E-state index contributed by atoms with van der Waals surface area (Å²) in [5.74, 6) is 1.52.